The van der Waals surface area contributed by atoms with Gasteiger partial charge in [-0.25, -0.2) is 14.3 Å². The summed E-state index contributed by atoms with van der Waals surface area (Å²) in [6.07, 6.45) is 3.80. The maximum atomic E-state index is 13.1. The van der Waals surface area contributed by atoms with E-state index in [0.29, 0.717) is 24.4 Å². The number of imidazole rings is 1. The van der Waals surface area contributed by atoms with Crippen LogP contribution in [0.5, 0.6) is 0 Å². The highest BCUT2D eigenvalue weighted by Crippen LogP contribution is 2.40. The number of carbonyl (C=O) groups excluding carboxylic acids is 2. The fourth-order valence-corrected chi connectivity index (χ4v) is 7.10. The normalized spacial score (nSPS) is 19.2. The highest BCUT2D eigenvalue weighted by Gasteiger charge is 2.54. The minimum atomic E-state index is -1.20. The van der Waals surface area contributed by atoms with Gasteiger partial charge in [-0.3, -0.25) is 14.5 Å². The number of aliphatic carboxylic acids is 1. The van der Waals surface area contributed by atoms with Crippen LogP contribution < -0.4 is 21.4 Å². The smallest absolute Gasteiger partial charge is 0.352 e. The molecule has 1 fully saturated rings. The number of nitrogens with two attached hydrogens (primary N) is 2. The number of nitrogens with one attached hydrogen (secondary N) is 1. The number of hydrogen-bond acceptors (Lipinski definition) is 11. The molecule has 0 unspecified atom stereocenters. The van der Waals surface area contributed by atoms with E-state index in [9.17, 15) is 19.5 Å². The van der Waals surface area contributed by atoms with E-state index < -0.39 is 29.2 Å². The van der Waals surface area contributed by atoms with Crippen LogP contribution in [0.25, 0.3) is 5.65 Å². The predicted molar refractivity (Wildman–Crippen MR) is 147 cm³/mol. The van der Waals surface area contributed by atoms with E-state index >= 15 is 0 Å². The van der Waals surface area contributed by atoms with Crippen molar-refractivity contribution in [2.75, 3.05) is 30.9 Å². The number of fused-ring (bicyclic) bond motifs is 2. The summed E-state index contributed by atoms with van der Waals surface area (Å²) in [6, 6.07) is 4.96. The monoisotopic (exact) mass is 589 g/mol. The van der Waals surface area contributed by atoms with Crippen LogP contribution in [-0.2, 0) is 25.8 Å². The van der Waals surface area contributed by atoms with Gasteiger partial charge in [0.05, 0.1) is 0 Å². The Labute approximate surface area is 234 Å². The van der Waals surface area contributed by atoms with E-state index in [1.807, 2.05) is 39.6 Å². The Balaban J connectivity index is 1.36. The average molecular weight is 590 g/mol. The summed E-state index contributed by atoms with van der Waals surface area (Å²) in [5.74, 6) is -1.24. The van der Waals surface area contributed by atoms with E-state index in [-0.39, 0.29) is 22.2 Å². The quantitative estimate of drug-likeness (QED) is 0.0833. The van der Waals surface area contributed by atoms with Gasteiger partial charge in [0.2, 0.25) is 0 Å². The highest BCUT2D eigenvalue weighted by atomic mass is 32.2. The van der Waals surface area contributed by atoms with Crippen molar-refractivity contribution < 1.29 is 28.9 Å². The minimum absolute atomic E-state index is 0.0622. The van der Waals surface area contributed by atoms with Gasteiger partial charge in [-0.2, -0.15) is 4.40 Å². The van der Waals surface area contributed by atoms with Crippen LogP contribution in [-0.4, -0.2) is 79.5 Å². The minimum Gasteiger partial charge on any atom is -0.477 e. The zero-order chi connectivity index (χ0) is 27.7. The number of hydrogen-bond donors (Lipinski definition) is 4. The molecule has 3 aromatic rings. The highest BCUT2D eigenvalue weighted by molar-refractivity contribution is 8.00. The van der Waals surface area contributed by atoms with Gasteiger partial charge in [0, 0.05) is 35.1 Å². The molecule has 0 radical (unpaired) electrons. The summed E-state index contributed by atoms with van der Waals surface area (Å²) in [7, 11) is 1.29. The van der Waals surface area contributed by atoms with Gasteiger partial charge in [0.15, 0.2) is 15.9 Å². The predicted octanol–water partition coefficient (Wildman–Crippen LogP) is 0.106. The number of nitrogen functional groups attached to an aromatic ring is 1. The lowest BCUT2D eigenvalue weighted by Crippen LogP contribution is -2.71. The summed E-state index contributed by atoms with van der Waals surface area (Å²) in [5, 5.41) is 18.7. The molecule has 0 aliphatic carbocycles. The number of oxime groups is 1. The molecule has 13 nitrogen and oxygen atoms in total. The van der Waals surface area contributed by atoms with E-state index in [2.05, 4.69) is 15.5 Å². The Hall–Kier alpha value is -3.60. The number of pyridine rings is 1. The molecule has 6 N–H and O–H groups in total. The molecule has 2 atom stereocenters. The fourth-order valence-electron chi connectivity index (χ4n) is 4.42. The van der Waals surface area contributed by atoms with E-state index in [1.54, 1.807) is 17.1 Å². The third kappa shape index (κ3) is 5.07. The summed E-state index contributed by atoms with van der Waals surface area (Å²) >= 11 is 4.16. The molecule has 204 valence electrons. The number of carboxylic acids is 1. The fraction of sp³-hybridized carbons (Fsp3) is 0.304. The molecular formula is C23H25N8O5S3+. The van der Waals surface area contributed by atoms with E-state index in [1.165, 1.54) is 23.8 Å². The van der Waals surface area contributed by atoms with Gasteiger partial charge in [-0.05, 0) is 12.1 Å². The number of anilines is 1. The second-order valence-electron chi connectivity index (χ2n) is 8.47. The number of β-lactam (4-membered cyclic amide) rings is 1. The first-order valence-electron chi connectivity index (χ1n) is 11.7. The molecule has 2 amide bonds. The van der Waals surface area contributed by atoms with Gasteiger partial charge in [-0.15, -0.1) is 23.1 Å². The lowest BCUT2D eigenvalue weighted by atomic mass is 10.0. The molecule has 0 aromatic carbocycles. The first-order valence-corrected chi connectivity index (χ1v) is 14.6. The van der Waals surface area contributed by atoms with Crippen LogP contribution in [0.4, 0.5) is 5.13 Å². The van der Waals surface area contributed by atoms with Crippen LogP contribution in [0.1, 0.15) is 5.69 Å². The van der Waals surface area contributed by atoms with Gasteiger partial charge in [0.1, 0.15) is 48.9 Å². The topological polar surface area (TPSA) is 182 Å². The number of amides is 2. The van der Waals surface area contributed by atoms with Crippen molar-refractivity contribution in [2.24, 2.45) is 10.9 Å². The lowest BCUT2D eigenvalue weighted by Gasteiger charge is -2.49. The number of thioether (sulfide) groups is 2. The maximum Gasteiger partial charge on any atom is 0.352 e. The van der Waals surface area contributed by atoms with E-state index in [0.717, 1.165) is 27.8 Å². The van der Waals surface area contributed by atoms with Crippen LogP contribution in [0.15, 0.2) is 57.4 Å². The second kappa shape index (κ2) is 11.3. The molecule has 5 heterocycles. The first kappa shape index (κ1) is 27.0. The first-order chi connectivity index (χ1) is 18.8. The zero-order valence-corrected chi connectivity index (χ0v) is 23.1. The maximum absolute atomic E-state index is 13.1. The van der Waals surface area contributed by atoms with Crippen LogP contribution >= 0.6 is 34.9 Å². The van der Waals surface area contributed by atoms with Crippen molar-refractivity contribution in [1.82, 2.24) is 19.6 Å². The molecule has 16 heteroatoms. The second-order valence-corrected chi connectivity index (χ2v) is 11.6. The van der Waals surface area contributed by atoms with Gasteiger partial charge in [-0.1, -0.05) is 16.9 Å². The molecule has 3 aromatic heterocycles. The largest absolute Gasteiger partial charge is 0.477 e. The summed E-state index contributed by atoms with van der Waals surface area (Å²) < 4.78 is 3.97. The van der Waals surface area contributed by atoms with Crippen LogP contribution in [0.3, 0.4) is 0 Å². The van der Waals surface area contributed by atoms with Gasteiger partial charge < -0.3 is 26.7 Å². The molecular weight excluding hydrogens is 565 g/mol. The average Bonchev–Trinajstić information content (AvgIpc) is 3.54. The molecule has 0 spiro atoms. The van der Waals surface area contributed by atoms with Crippen molar-refractivity contribution in [1.29, 1.82) is 0 Å². The third-order valence-corrected chi connectivity index (χ3v) is 9.17. The number of rotatable bonds is 10. The van der Waals surface area contributed by atoms with Crippen molar-refractivity contribution >= 4 is 69.1 Å². The molecule has 2 aliphatic heterocycles. The molecule has 39 heavy (non-hydrogen) atoms. The molecule has 5 rings (SSSR count). The molecule has 1 saturated heterocycles. The molecule has 0 saturated carbocycles. The zero-order valence-electron chi connectivity index (χ0n) is 20.6. The number of carboxylic acid groups (broad SMARTS) is 1. The van der Waals surface area contributed by atoms with Crippen molar-refractivity contribution in [3.63, 3.8) is 0 Å². The summed E-state index contributed by atoms with van der Waals surface area (Å²) in [5.41, 5.74) is 12.8. The Kier molecular flexibility index (Phi) is 7.79. The van der Waals surface area contributed by atoms with Crippen molar-refractivity contribution in [3.8, 4) is 0 Å². The summed E-state index contributed by atoms with van der Waals surface area (Å²) in [6.45, 7) is 0.848. The number of thiazole rings is 1. The third-order valence-electron chi connectivity index (χ3n) is 6.09. The molecule has 0 bridgehead atoms. The van der Waals surface area contributed by atoms with Gasteiger partial charge >= 0.3 is 5.97 Å². The number of aromatic nitrogens is 3. The number of nitrogens with zero attached hydrogens (tertiary/aromatic N) is 5. The lowest BCUT2D eigenvalue weighted by molar-refractivity contribution is -0.662. The summed E-state index contributed by atoms with van der Waals surface area (Å²) in [4.78, 5) is 48.5. The SMILES string of the molecule is CON=C(C(=O)N[C@@H]1C(=O)N2C(C(=O)O)=C(C[n+]3ccn4c(SCCN)cccc43)CS[C@@H]12)c1csc(N)n1. The van der Waals surface area contributed by atoms with Crippen LogP contribution in [0, 0.1) is 0 Å². The van der Waals surface area contributed by atoms with Crippen molar-refractivity contribution in [2.45, 2.75) is 23.0 Å². The Bertz CT molecular complexity index is 1520. The van der Waals surface area contributed by atoms with Crippen molar-refractivity contribution in [3.05, 3.63) is 52.9 Å². The standard InChI is InChI=1S/C23H24N8O5S3/c1-36-28-16(13-11-39-23(25)26-13)19(32)27-17-20(33)31-18(22(34)35)12(10-38-21(17)31)9-29-6-7-30-14(29)3-2-4-15(30)37-8-5-24/h2-4,6-7,11,17,21H,5,8-10,24H2,1H3,(H3-,25,26,27,32,34,35)/p+1/t17-,21+/m1/s1. The van der Waals surface area contributed by atoms with Gasteiger partial charge in [0.25, 0.3) is 17.5 Å². The van der Waals surface area contributed by atoms with E-state index in [4.69, 9.17) is 16.3 Å². The van der Waals surface area contributed by atoms with Crippen LogP contribution in [0.2, 0.25) is 0 Å². The Morgan fingerprint density at radius 2 is 2.23 bits per heavy atom. The Morgan fingerprint density at radius 3 is 2.92 bits per heavy atom. The number of carbonyl (C=O) groups is 3. The Morgan fingerprint density at radius 1 is 1.41 bits per heavy atom. The molecule has 2 aliphatic rings.